The van der Waals surface area contributed by atoms with E-state index in [1.807, 2.05) is 118 Å². The van der Waals surface area contributed by atoms with Crippen molar-refractivity contribution in [2.75, 3.05) is 32.5 Å². The van der Waals surface area contributed by atoms with Gasteiger partial charge in [0.2, 0.25) is 5.91 Å². The van der Waals surface area contributed by atoms with Gasteiger partial charge in [-0.1, -0.05) is 96.7 Å². The normalized spacial score (nSPS) is 14.7. The maximum Gasteiger partial charge on any atom is 0.254 e. The van der Waals surface area contributed by atoms with E-state index in [9.17, 15) is 9.59 Å². The number of methoxy groups -OCH3 is 1. The molecule has 1 atom stereocenters. The van der Waals surface area contributed by atoms with Crippen molar-refractivity contribution >= 4 is 23.6 Å². The van der Waals surface area contributed by atoms with Crippen LogP contribution in [-0.4, -0.2) is 74.9 Å². The molecule has 5 aromatic rings. The summed E-state index contributed by atoms with van der Waals surface area (Å²) in [5.41, 5.74) is 4.69. The Bertz CT molecular complexity index is 1780. The molecule has 1 aromatic heterocycles. The fraction of sp³-hybridized carbons (Fsp3) is 0.243. The number of carbonyl (C=O) groups excluding carboxylic acids is 2. The molecule has 1 aliphatic heterocycles. The van der Waals surface area contributed by atoms with Gasteiger partial charge in [0.25, 0.3) is 5.91 Å². The van der Waals surface area contributed by atoms with Crippen LogP contribution in [-0.2, 0) is 4.79 Å². The first-order valence-corrected chi connectivity index (χ1v) is 16.5. The summed E-state index contributed by atoms with van der Waals surface area (Å²) in [4.78, 5) is 30.3. The van der Waals surface area contributed by atoms with E-state index in [0.717, 1.165) is 39.1 Å². The summed E-state index contributed by atoms with van der Waals surface area (Å²) in [5, 5.41) is 9.79. The number of hydrogen-bond acceptors (Lipinski definition) is 6. The number of piperazine rings is 1. The molecule has 1 unspecified atom stereocenters. The molecule has 0 saturated carbocycles. The standard InChI is InChI=1S/C37H37N5O3S/c1-27-26-40(23-24-41(27)36(44)31-21-19-29(20-22-31)28-12-5-3-6-13-28)34(43)18-11-25-46-37-39-38-35(30-14-7-4-8-15-30)42(37)32-16-9-10-17-33(32)45-2/h3-10,12-17,19-22,27H,11,18,23-26H2,1-2H3. The number of ether oxygens (including phenoxy) is 1. The third-order valence-corrected chi connectivity index (χ3v) is 9.25. The summed E-state index contributed by atoms with van der Waals surface area (Å²) in [6.07, 6.45) is 1.13. The minimum atomic E-state index is -0.0656. The van der Waals surface area contributed by atoms with Crippen molar-refractivity contribution in [2.45, 2.75) is 31.0 Å². The monoisotopic (exact) mass is 631 g/mol. The van der Waals surface area contributed by atoms with Gasteiger partial charge >= 0.3 is 0 Å². The Labute approximate surface area is 274 Å². The number of aromatic nitrogens is 3. The minimum absolute atomic E-state index is 0.00430. The van der Waals surface area contributed by atoms with Gasteiger partial charge in [-0.05, 0) is 48.7 Å². The van der Waals surface area contributed by atoms with E-state index in [0.29, 0.717) is 43.8 Å². The Kier molecular flexibility index (Phi) is 9.79. The first-order valence-electron chi connectivity index (χ1n) is 15.5. The van der Waals surface area contributed by atoms with Gasteiger partial charge in [0, 0.05) is 49.0 Å². The molecule has 46 heavy (non-hydrogen) atoms. The van der Waals surface area contributed by atoms with Crippen molar-refractivity contribution in [2.24, 2.45) is 0 Å². The predicted octanol–water partition coefficient (Wildman–Crippen LogP) is 6.86. The van der Waals surface area contributed by atoms with Gasteiger partial charge in [0.15, 0.2) is 11.0 Å². The molecular weight excluding hydrogens is 595 g/mol. The van der Waals surface area contributed by atoms with E-state index >= 15 is 0 Å². The zero-order chi connectivity index (χ0) is 31.9. The van der Waals surface area contributed by atoms with Crippen LogP contribution >= 0.6 is 11.8 Å². The summed E-state index contributed by atoms with van der Waals surface area (Å²) >= 11 is 1.58. The van der Waals surface area contributed by atoms with Crippen LogP contribution in [0.4, 0.5) is 0 Å². The van der Waals surface area contributed by atoms with Gasteiger partial charge in [-0.25, -0.2) is 0 Å². The van der Waals surface area contributed by atoms with E-state index in [1.165, 1.54) is 0 Å². The first kappa shape index (κ1) is 31.1. The van der Waals surface area contributed by atoms with Crippen LogP contribution in [0, 0.1) is 0 Å². The van der Waals surface area contributed by atoms with Gasteiger partial charge < -0.3 is 14.5 Å². The van der Waals surface area contributed by atoms with Crippen molar-refractivity contribution < 1.29 is 14.3 Å². The average molecular weight is 632 g/mol. The first-order chi connectivity index (χ1) is 22.5. The maximum absolute atomic E-state index is 13.3. The van der Waals surface area contributed by atoms with E-state index in [2.05, 4.69) is 22.3 Å². The topological polar surface area (TPSA) is 80.6 Å². The highest BCUT2D eigenvalue weighted by Crippen LogP contribution is 2.33. The van der Waals surface area contributed by atoms with E-state index in [1.54, 1.807) is 18.9 Å². The molecule has 6 rings (SSSR count). The summed E-state index contributed by atoms with van der Waals surface area (Å²) in [7, 11) is 1.66. The van der Waals surface area contributed by atoms with Gasteiger partial charge in [-0.3, -0.25) is 14.2 Å². The van der Waals surface area contributed by atoms with Crippen LogP contribution in [0.3, 0.4) is 0 Å². The molecule has 0 bridgehead atoms. The molecule has 1 aliphatic rings. The lowest BCUT2D eigenvalue weighted by Gasteiger charge is -2.40. The second-order valence-electron chi connectivity index (χ2n) is 11.3. The van der Waals surface area contributed by atoms with Crippen LogP contribution in [0.5, 0.6) is 5.75 Å². The largest absolute Gasteiger partial charge is 0.495 e. The second-order valence-corrected chi connectivity index (χ2v) is 12.3. The summed E-state index contributed by atoms with van der Waals surface area (Å²) in [5.74, 6) is 2.29. The van der Waals surface area contributed by atoms with E-state index in [-0.39, 0.29) is 17.9 Å². The lowest BCUT2D eigenvalue weighted by molar-refractivity contribution is -0.133. The van der Waals surface area contributed by atoms with Crippen molar-refractivity contribution in [1.82, 2.24) is 24.6 Å². The molecule has 1 fully saturated rings. The van der Waals surface area contributed by atoms with E-state index in [4.69, 9.17) is 4.74 Å². The summed E-state index contributed by atoms with van der Waals surface area (Å²) < 4.78 is 7.68. The highest BCUT2D eigenvalue weighted by Gasteiger charge is 2.30. The number of para-hydroxylation sites is 2. The predicted molar refractivity (Wildman–Crippen MR) is 182 cm³/mol. The maximum atomic E-state index is 13.3. The SMILES string of the molecule is COc1ccccc1-n1c(SCCCC(=O)N2CCN(C(=O)c3ccc(-c4ccccc4)cc3)C(C)C2)nnc1-c1ccccc1. The van der Waals surface area contributed by atoms with Crippen molar-refractivity contribution in [3.05, 3.63) is 115 Å². The van der Waals surface area contributed by atoms with Gasteiger partial charge in [0.05, 0.1) is 12.8 Å². The molecule has 2 heterocycles. The molecule has 1 saturated heterocycles. The fourth-order valence-corrected chi connectivity index (χ4v) is 6.69. The number of nitrogens with zero attached hydrogens (tertiary/aromatic N) is 5. The fourth-order valence-electron chi connectivity index (χ4n) is 5.80. The van der Waals surface area contributed by atoms with E-state index < -0.39 is 0 Å². The molecule has 0 radical (unpaired) electrons. The lowest BCUT2D eigenvalue weighted by atomic mass is 10.0. The Balaban J connectivity index is 1.04. The summed E-state index contributed by atoms with van der Waals surface area (Å²) in [6.45, 7) is 3.60. The van der Waals surface area contributed by atoms with Crippen molar-refractivity contribution in [3.63, 3.8) is 0 Å². The molecule has 4 aromatic carbocycles. The zero-order valence-electron chi connectivity index (χ0n) is 26.1. The number of benzene rings is 4. The third-order valence-electron chi connectivity index (χ3n) is 8.24. The number of rotatable bonds is 10. The van der Waals surface area contributed by atoms with Crippen LogP contribution in [0.25, 0.3) is 28.2 Å². The highest BCUT2D eigenvalue weighted by atomic mass is 32.2. The van der Waals surface area contributed by atoms with Crippen LogP contribution in [0.15, 0.2) is 114 Å². The van der Waals surface area contributed by atoms with Gasteiger partial charge in [-0.15, -0.1) is 10.2 Å². The van der Waals surface area contributed by atoms with Crippen molar-refractivity contribution in [1.29, 1.82) is 0 Å². The second kappa shape index (κ2) is 14.5. The molecule has 9 heteroatoms. The Morgan fingerprint density at radius 2 is 1.46 bits per heavy atom. The molecular formula is C37H37N5O3S. The van der Waals surface area contributed by atoms with Crippen molar-refractivity contribution in [3.8, 4) is 34.0 Å². The molecule has 0 spiro atoms. The van der Waals surface area contributed by atoms with Crippen LogP contribution in [0.2, 0.25) is 0 Å². The third kappa shape index (κ3) is 6.84. The average Bonchev–Trinajstić information content (AvgIpc) is 3.54. The number of thioether (sulfide) groups is 1. The molecule has 0 aliphatic carbocycles. The Hall–Kier alpha value is -4.89. The number of hydrogen-bond donors (Lipinski definition) is 0. The van der Waals surface area contributed by atoms with Gasteiger partial charge in [0.1, 0.15) is 5.75 Å². The van der Waals surface area contributed by atoms with Crippen LogP contribution < -0.4 is 4.74 Å². The Morgan fingerprint density at radius 3 is 2.15 bits per heavy atom. The Morgan fingerprint density at radius 1 is 0.804 bits per heavy atom. The lowest BCUT2D eigenvalue weighted by Crippen LogP contribution is -2.55. The highest BCUT2D eigenvalue weighted by molar-refractivity contribution is 7.99. The zero-order valence-corrected chi connectivity index (χ0v) is 26.9. The summed E-state index contributed by atoms with van der Waals surface area (Å²) in [6, 6.07) is 35.6. The number of amides is 2. The molecule has 234 valence electrons. The molecule has 8 nitrogen and oxygen atoms in total. The quantitative estimate of drug-likeness (QED) is 0.124. The number of carbonyl (C=O) groups is 2. The minimum Gasteiger partial charge on any atom is -0.495 e. The molecule has 0 N–H and O–H groups in total. The smallest absolute Gasteiger partial charge is 0.254 e. The molecule has 2 amide bonds. The van der Waals surface area contributed by atoms with Crippen LogP contribution in [0.1, 0.15) is 30.1 Å². The van der Waals surface area contributed by atoms with Gasteiger partial charge in [-0.2, -0.15) is 0 Å².